The Kier molecular flexibility index (Phi) is 2.06. The van der Waals surface area contributed by atoms with Crippen molar-refractivity contribution in [2.45, 2.75) is 45.6 Å². The van der Waals surface area contributed by atoms with Crippen LogP contribution in [0.5, 0.6) is 0 Å². The van der Waals surface area contributed by atoms with E-state index in [0.29, 0.717) is 5.41 Å². The molecule has 0 aromatic carbocycles. The first kappa shape index (κ1) is 9.36. The van der Waals surface area contributed by atoms with E-state index in [-0.39, 0.29) is 11.5 Å². The summed E-state index contributed by atoms with van der Waals surface area (Å²) in [6.07, 6.45) is 3.41. The molecule has 0 atom stereocenters. The third-order valence-electron chi connectivity index (χ3n) is 2.12. The topological polar surface area (TPSA) is 61.9 Å². The molecule has 0 aromatic rings. The first-order valence-corrected chi connectivity index (χ1v) is 4.45. The van der Waals surface area contributed by atoms with Crippen molar-refractivity contribution in [3.8, 4) is 0 Å². The summed E-state index contributed by atoms with van der Waals surface area (Å²) in [7, 11) is 0. The van der Waals surface area contributed by atoms with Crippen molar-refractivity contribution in [1.82, 2.24) is 5.32 Å². The van der Waals surface area contributed by atoms with E-state index in [1.54, 1.807) is 0 Å². The van der Waals surface area contributed by atoms with Crippen LogP contribution in [0.4, 0.5) is 0 Å². The van der Waals surface area contributed by atoms with Crippen LogP contribution >= 0.6 is 0 Å². The zero-order valence-corrected chi connectivity index (χ0v) is 8.20. The van der Waals surface area contributed by atoms with Crippen LogP contribution < -0.4 is 11.1 Å². The molecule has 1 fully saturated rings. The Morgan fingerprint density at radius 2 is 2.00 bits per heavy atom. The van der Waals surface area contributed by atoms with Gasteiger partial charge in [0.1, 0.15) is 0 Å². The van der Waals surface area contributed by atoms with Gasteiger partial charge in [0.05, 0.1) is 0 Å². The summed E-state index contributed by atoms with van der Waals surface area (Å²) in [4.78, 5) is 0. The Labute approximate surface area is 74.2 Å². The van der Waals surface area contributed by atoms with Gasteiger partial charge in [-0.25, -0.2) is 0 Å². The Hall–Kier alpha value is -0.730. The lowest BCUT2D eigenvalue weighted by atomic mass is 9.87. The molecule has 1 rings (SSSR count). The molecule has 1 saturated carbocycles. The summed E-state index contributed by atoms with van der Waals surface area (Å²) >= 11 is 0. The van der Waals surface area contributed by atoms with Gasteiger partial charge in [-0.15, -0.1) is 0 Å². The summed E-state index contributed by atoms with van der Waals surface area (Å²) in [5.41, 5.74) is 5.78. The van der Waals surface area contributed by atoms with Crippen LogP contribution in [0.2, 0.25) is 0 Å². The average Bonchev–Trinajstić information content (AvgIpc) is 2.40. The molecule has 1 aliphatic rings. The number of hydrogen-bond donors (Lipinski definition) is 3. The van der Waals surface area contributed by atoms with Gasteiger partial charge in [0.15, 0.2) is 5.96 Å². The molecule has 12 heavy (non-hydrogen) atoms. The zero-order valence-electron chi connectivity index (χ0n) is 8.20. The van der Waals surface area contributed by atoms with Crippen molar-refractivity contribution in [3.63, 3.8) is 0 Å². The average molecular weight is 169 g/mol. The number of nitrogens with two attached hydrogens (primary N) is 1. The van der Waals surface area contributed by atoms with Gasteiger partial charge in [0.25, 0.3) is 0 Å². The van der Waals surface area contributed by atoms with Gasteiger partial charge in [-0.3, -0.25) is 5.41 Å². The summed E-state index contributed by atoms with van der Waals surface area (Å²) < 4.78 is 0. The Balaban J connectivity index is 2.45. The molecule has 3 heteroatoms. The van der Waals surface area contributed by atoms with Gasteiger partial charge < -0.3 is 11.1 Å². The van der Waals surface area contributed by atoms with Crippen molar-refractivity contribution < 1.29 is 0 Å². The van der Waals surface area contributed by atoms with Crippen LogP contribution in [0.25, 0.3) is 0 Å². The lowest BCUT2D eigenvalue weighted by molar-refractivity contribution is 0.315. The number of nitrogens with one attached hydrogen (secondary N) is 2. The van der Waals surface area contributed by atoms with Crippen molar-refractivity contribution in [2.75, 3.05) is 0 Å². The number of hydrogen-bond acceptors (Lipinski definition) is 1. The van der Waals surface area contributed by atoms with E-state index < -0.39 is 0 Å². The highest BCUT2D eigenvalue weighted by molar-refractivity contribution is 5.75. The van der Waals surface area contributed by atoms with Crippen molar-refractivity contribution in [3.05, 3.63) is 0 Å². The van der Waals surface area contributed by atoms with Crippen LogP contribution in [0.1, 0.15) is 40.0 Å². The van der Waals surface area contributed by atoms with Gasteiger partial charge in [0.2, 0.25) is 0 Å². The predicted octanol–water partition coefficient (Wildman–Crippen LogP) is 1.44. The lowest BCUT2D eigenvalue weighted by Gasteiger charge is -2.26. The van der Waals surface area contributed by atoms with Gasteiger partial charge in [-0.05, 0) is 24.7 Å². The van der Waals surface area contributed by atoms with E-state index in [4.69, 9.17) is 11.1 Å². The third-order valence-corrected chi connectivity index (χ3v) is 2.12. The molecule has 0 heterocycles. The molecule has 0 aromatic heterocycles. The molecular weight excluding hydrogens is 150 g/mol. The first-order valence-electron chi connectivity index (χ1n) is 4.45. The Morgan fingerprint density at radius 3 is 2.25 bits per heavy atom. The minimum absolute atomic E-state index is 0.108. The fourth-order valence-electron chi connectivity index (χ4n) is 1.80. The quantitative estimate of drug-likeness (QED) is 0.432. The van der Waals surface area contributed by atoms with Crippen LogP contribution in [0, 0.1) is 10.8 Å². The molecule has 0 unspecified atom stereocenters. The molecule has 3 nitrogen and oxygen atoms in total. The molecule has 1 aliphatic carbocycles. The maximum atomic E-state index is 7.16. The second kappa shape index (κ2) is 2.64. The number of guanidine groups is 1. The number of rotatable bonds is 2. The molecule has 0 amide bonds. The van der Waals surface area contributed by atoms with E-state index >= 15 is 0 Å². The van der Waals surface area contributed by atoms with Crippen molar-refractivity contribution in [1.29, 1.82) is 5.41 Å². The second-order valence-electron chi connectivity index (χ2n) is 5.06. The van der Waals surface area contributed by atoms with Crippen LogP contribution in [0.15, 0.2) is 0 Å². The lowest BCUT2D eigenvalue weighted by Crippen LogP contribution is -2.43. The first-order chi connectivity index (χ1) is 5.33. The maximum absolute atomic E-state index is 7.16. The SMILES string of the molecule is CC(C)(C)CC1(NC(=N)N)CC1. The molecule has 0 radical (unpaired) electrons. The minimum atomic E-state index is 0.108. The van der Waals surface area contributed by atoms with Crippen LogP contribution in [0.3, 0.4) is 0 Å². The van der Waals surface area contributed by atoms with Crippen LogP contribution in [-0.4, -0.2) is 11.5 Å². The highest BCUT2D eigenvalue weighted by atomic mass is 15.1. The van der Waals surface area contributed by atoms with Crippen molar-refractivity contribution in [2.24, 2.45) is 11.1 Å². The van der Waals surface area contributed by atoms with E-state index in [9.17, 15) is 0 Å². The normalized spacial score (nSPS) is 20.2. The summed E-state index contributed by atoms with van der Waals surface area (Å²) in [6, 6.07) is 0. The Bertz CT molecular complexity index is 186. The summed E-state index contributed by atoms with van der Waals surface area (Å²) in [6.45, 7) is 6.65. The van der Waals surface area contributed by atoms with Gasteiger partial charge >= 0.3 is 0 Å². The molecule has 0 bridgehead atoms. The van der Waals surface area contributed by atoms with E-state index in [1.165, 1.54) is 0 Å². The highest BCUT2D eigenvalue weighted by Crippen LogP contribution is 2.44. The molecule has 70 valence electrons. The van der Waals surface area contributed by atoms with Gasteiger partial charge in [-0.2, -0.15) is 0 Å². The summed E-state index contributed by atoms with van der Waals surface area (Å²) in [5, 5.41) is 10.2. The largest absolute Gasteiger partial charge is 0.370 e. The highest BCUT2D eigenvalue weighted by Gasteiger charge is 2.45. The van der Waals surface area contributed by atoms with Gasteiger partial charge in [0, 0.05) is 5.54 Å². The molecule has 0 saturated heterocycles. The molecule has 4 N–H and O–H groups in total. The third kappa shape index (κ3) is 2.72. The molecular formula is C9H19N3. The standard InChI is InChI=1S/C9H19N3/c1-8(2,3)6-9(4-5-9)12-7(10)11/h4-6H2,1-3H3,(H4,10,11,12). The molecule has 0 spiro atoms. The van der Waals surface area contributed by atoms with Crippen LogP contribution in [-0.2, 0) is 0 Å². The maximum Gasteiger partial charge on any atom is 0.186 e. The van der Waals surface area contributed by atoms with Crippen molar-refractivity contribution >= 4 is 5.96 Å². The van der Waals surface area contributed by atoms with Gasteiger partial charge in [-0.1, -0.05) is 20.8 Å². The predicted molar refractivity (Wildman–Crippen MR) is 51.1 cm³/mol. The Morgan fingerprint density at radius 1 is 1.50 bits per heavy atom. The second-order valence-corrected chi connectivity index (χ2v) is 5.06. The summed E-state index contributed by atoms with van der Waals surface area (Å²) in [5.74, 6) is 0.108. The molecule has 0 aliphatic heterocycles. The monoisotopic (exact) mass is 169 g/mol. The van der Waals surface area contributed by atoms with E-state index in [2.05, 4.69) is 26.1 Å². The minimum Gasteiger partial charge on any atom is -0.370 e. The fraction of sp³-hybridized carbons (Fsp3) is 0.889. The van der Waals surface area contributed by atoms with E-state index in [1.807, 2.05) is 0 Å². The smallest absolute Gasteiger partial charge is 0.186 e. The van der Waals surface area contributed by atoms with E-state index in [0.717, 1.165) is 19.3 Å². The fourth-order valence-corrected chi connectivity index (χ4v) is 1.80. The zero-order chi connectivity index (χ0) is 9.41.